The summed E-state index contributed by atoms with van der Waals surface area (Å²) in [7, 11) is 0. The number of aliphatic hydroxyl groups is 1. The van der Waals surface area contributed by atoms with E-state index in [0.29, 0.717) is 11.1 Å². The predicted molar refractivity (Wildman–Crippen MR) is 80.8 cm³/mol. The summed E-state index contributed by atoms with van der Waals surface area (Å²) in [6.07, 6.45) is 1.67. The zero-order valence-corrected chi connectivity index (χ0v) is 12.6. The topological polar surface area (TPSA) is 36.4 Å². The average molecular weight is 297 g/mol. The van der Waals surface area contributed by atoms with E-state index in [4.69, 9.17) is 16.7 Å². The van der Waals surface area contributed by atoms with E-state index in [-0.39, 0.29) is 6.61 Å². The van der Waals surface area contributed by atoms with Gasteiger partial charge < -0.3 is 10.0 Å². The molecule has 0 aliphatic heterocycles. The number of aliphatic hydroxyl groups excluding tert-OH is 1. The van der Waals surface area contributed by atoms with Gasteiger partial charge in [-0.1, -0.05) is 17.7 Å². The summed E-state index contributed by atoms with van der Waals surface area (Å²) in [6.45, 7) is 4.98. The van der Waals surface area contributed by atoms with Gasteiger partial charge >= 0.3 is 0 Å². The highest BCUT2D eigenvalue weighted by Gasteiger charge is 2.16. The normalized spacial score (nSPS) is 11.0. The van der Waals surface area contributed by atoms with Gasteiger partial charge in [0.25, 0.3) is 0 Å². The van der Waals surface area contributed by atoms with Crippen molar-refractivity contribution in [1.82, 2.24) is 4.98 Å². The van der Waals surface area contributed by atoms with Crippen molar-refractivity contribution in [1.29, 1.82) is 0 Å². The maximum atomic E-state index is 9.10. The summed E-state index contributed by atoms with van der Waals surface area (Å²) in [5.41, 5.74) is 0.730. The molecule has 0 saturated heterocycles. The van der Waals surface area contributed by atoms with Crippen LogP contribution in [0.1, 0.15) is 24.3 Å². The number of pyridine rings is 1. The summed E-state index contributed by atoms with van der Waals surface area (Å²) in [5.74, 6) is 0.766. The third-order valence-corrected chi connectivity index (χ3v) is 4.00. The van der Waals surface area contributed by atoms with Gasteiger partial charge in [0, 0.05) is 17.1 Å². The summed E-state index contributed by atoms with van der Waals surface area (Å²) in [5, 5.41) is 11.7. The molecule has 0 unspecified atom stereocenters. The van der Waals surface area contributed by atoms with E-state index < -0.39 is 0 Å². The number of rotatable bonds is 5. The Morgan fingerprint density at radius 1 is 1.47 bits per heavy atom. The van der Waals surface area contributed by atoms with Crippen LogP contribution in [0.4, 0.5) is 5.82 Å². The Morgan fingerprint density at radius 2 is 2.26 bits per heavy atom. The van der Waals surface area contributed by atoms with Crippen LogP contribution in [0.25, 0.3) is 0 Å². The molecule has 102 valence electrons. The predicted octanol–water partition coefficient (Wildman–Crippen LogP) is 3.70. The highest BCUT2D eigenvalue weighted by Crippen LogP contribution is 2.28. The Kier molecular flexibility index (Phi) is 4.80. The van der Waals surface area contributed by atoms with Crippen LogP contribution in [0.2, 0.25) is 5.02 Å². The summed E-state index contributed by atoms with van der Waals surface area (Å²) in [6, 6.07) is 6.22. The summed E-state index contributed by atoms with van der Waals surface area (Å²) < 4.78 is 0. The fourth-order valence-corrected chi connectivity index (χ4v) is 2.84. The summed E-state index contributed by atoms with van der Waals surface area (Å²) in [4.78, 5) is 7.83. The molecular formula is C14H17ClN2OS. The van der Waals surface area contributed by atoms with Crippen molar-refractivity contribution < 1.29 is 5.11 Å². The molecule has 0 aliphatic rings. The Bertz CT molecular complexity index is 528. The average Bonchev–Trinajstić information content (AvgIpc) is 2.89. The molecule has 0 aromatic carbocycles. The van der Waals surface area contributed by atoms with Crippen LogP contribution in [0.5, 0.6) is 0 Å². The molecule has 2 rings (SSSR count). The van der Waals surface area contributed by atoms with Gasteiger partial charge in [-0.2, -0.15) is 0 Å². The third kappa shape index (κ3) is 3.47. The largest absolute Gasteiger partial charge is 0.392 e. The SMILES string of the molecule is CC(C)N(Cc1cccs1)c1ncc(CO)cc1Cl. The van der Waals surface area contributed by atoms with Gasteiger partial charge in [0.1, 0.15) is 5.82 Å². The lowest BCUT2D eigenvalue weighted by molar-refractivity contribution is 0.281. The highest BCUT2D eigenvalue weighted by atomic mass is 35.5. The first-order chi connectivity index (χ1) is 9.11. The first kappa shape index (κ1) is 14.3. The van der Waals surface area contributed by atoms with Gasteiger partial charge in [0.05, 0.1) is 18.2 Å². The minimum atomic E-state index is -0.0421. The molecule has 0 aliphatic carbocycles. The lowest BCUT2D eigenvalue weighted by Crippen LogP contribution is -2.30. The van der Waals surface area contributed by atoms with Crippen molar-refractivity contribution in [3.05, 3.63) is 45.2 Å². The number of aromatic nitrogens is 1. The monoisotopic (exact) mass is 296 g/mol. The number of thiophene rings is 1. The van der Waals surface area contributed by atoms with E-state index in [0.717, 1.165) is 17.9 Å². The molecule has 0 saturated carbocycles. The second-order valence-corrected chi connectivity index (χ2v) is 6.05. The van der Waals surface area contributed by atoms with Gasteiger partial charge in [0.2, 0.25) is 0 Å². The molecule has 0 bridgehead atoms. The van der Waals surface area contributed by atoms with Gasteiger partial charge in [-0.05, 0) is 36.9 Å². The van der Waals surface area contributed by atoms with E-state index >= 15 is 0 Å². The molecule has 0 fully saturated rings. The minimum absolute atomic E-state index is 0.0421. The second kappa shape index (κ2) is 6.37. The zero-order valence-electron chi connectivity index (χ0n) is 11.0. The number of hydrogen-bond acceptors (Lipinski definition) is 4. The molecule has 1 N–H and O–H groups in total. The van der Waals surface area contributed by atoms with Crippen LogP contribution in [-0.4, -0.2) is 16.1 Å². The Morgan fingerprint density at radius 3 is 2.79 bits per heavy atom. The molecule has 0 atom stereocenters. The Balaban J connectivity index is 2.28. The zero-order chi connectivity index (χ0) is 13.8. The summed E-state index contributed by atoms with van der Waals surface area (Å²) >= 11 is 8.00. The quantitative estimate of drug-likeness (QED) is 0.914. The van der Waals surface area contributed by atoms with Gasteiger partial charge in [0.15, 0.2) is 0 Å². The fourth-order valence-electron chi connectivity index (χ4n) is 1.84. The van der Waals surface area contributed by atoms with E-state index in [9.17, 15) is 0 Å². The smallest absolute Gasteiger partial charge is 0.147 e. The fraction of sp³-hybridized carbons (Fsp3) is 0.357. The van der Waals surface area contributed by atoms with E-state index in [1.807, 2.05) is 6.07 Å². The van der Waals surface area contributed by atoms with Crippen molar-refractivity contribution in [3.63, 3.8) is 0 Å². The van der Waals surface area contributed by atoms with E-state index in [1.54, 1.807) is 23.6 Å². The number of anilines is 1. The molecule has 2 aromatic rings. The van der Waals surface area contributed by atoms with Gasteiger partial charge in [-0.15, -0.1) is 11.3 Å². The maximum Gasteiger partial charge on any atom is 0.147 e. The molecule has 3 nitrogen and oxygen atoms in total. The highest BCUT2D eigenvalue weighted by molar-refractivity contribution is 7.09. The molecule has 19 heavy (non-hydrogen) atoms. The standard InChI is InChI=1S/C14H17ClN2OS/c1-10(2)17(8-12-4-3-5-19-12)14-13(15)6-11(9-18)7-16-14/h3-7,10,18H,8-9H2,1-2H3. The second-order valence-electron chi connectivity index (χ2n) is 4.61. The van der Waals surface area contributed by atoms with Gasteiger partial charge in [-0.25, -0.2) is 4.98 Å². The van der Waals surface area contributed by atoms with Crippen molar-refractivity contribution in [2.75, 3.05) is 4.90 Å². The van der Waals surface area contributed by atoms with Crippen molar-refractivity contribution in [3.8, 4) is 0 Å². The molecule has 0 radical (unpaired) electrons. The van der Waals surface area contributed by atoms with Crippen LogP contribution in [0, 0.1) is 0 Å². The molecule has 0 amide bonds. The molecule has 0 spiro atoms. The lowest BCUT2D eigenvalue weighted by Gasteiger charge is -2.28. The van der Waals surface area contributed by atoms with Crippen LogP contribution in [-0.2, 0) is 13.2 Å². The number of hydrogen-bond donors (Lipinski definition) is 1. The van der Waals surface area contributed by atoms with Crippen molar-refractivity contribution in [2.45, 2.75) is 33.0 Å². The Labute approximate surface area is 122 Å². The van der Waals surface area contributed by atoms with Crippen LogP contribution in [0.3, 0.4) is 0 Å². The van der Waals surface area contributed by atoms with Crippen molar-refractivity contribution >= 4 is 28.8 Å². The van der Waals surface area contributed by atoms with Crippen LogP contribution < -0.4 is 4.90 Å². The molecule has 2 aromatic heterocycles. The number of nitrogens with zero attached hydrogens (tertiary/aromatic N) is 2. The molecule has 2 heterocycles. The molecule has 5 heteroatoms. The van der Waals surface area contributed by atoms with E-state index in [2.05, 4.69) is 35.2 Å². The minimum Gasteiger partial charge on any atom is -0.392 e. The first-order valence-corrected chi connectivity index (χ1v) is 7.42. The van der Waals surface area contributed by atoms with Crippen LogP contribution >= 0.6 is 22.9 Å². The van der Waals surface area contributed by atoms with Crippen molar-refractivity contribution in [2.24, 2.45) is 0 Å². The maximum absolute atomic E-state index is 9.10. The lowest BCUT2D eigenvalue weighted by atomic mass is 10.2. The van der Waals surface area contributed by atoms with Crippen LogP contribution in [0.15, 0.2) is 29.8 Å². The Hall–Kier alpha value is -1.10. The third-order valence-electron chi connectivity index (χ3n) is 2.86. The molecular weight excluding hydrogens is 280 g/mol. The first-order valence-electron chi connectivity index (χ1n) is 6.16. The number of halogens is 1. The van der Waals surface area contributed by atoms with E-state index in [1.165, 1.54) is 4.88 Å². The van der Waals surface area contributed by atoms with Gasteiger partial charge in [-0.3, -0.25) is 0 Å².